The van der Waals surface area contributed by atoms with Crippen LogP contribution in [-0.4, -0.2) is 26.3 Å². The molecule has 0 radical (unpaired) electrons. The van der Waals surface area contributed by atoms with E-state index >= 15 is 0 Å². The lowest BCUT2D eigenvalue weighted by atomic mass is 10.1. The first kappa shape index (κ1) is 11.6. The van der Waals surface area contributed by atoms with Gasteiger partial charge in [-0.15, -0.1) is 0 Å². The van der Waals surface area contributed by atoms with E-state index in [4.69, 9.17) is 18.6 Å². The van der Waals surface area contributed by atoms with Gasteiger partial charge in [-0.05, 0) is 18.2 Å². The van der Waals surface area contributed by atoms with Gasteiger partial charge < -0.3 is 18.6 Å². The topological polar surface area (TPSA) is 53.7 Å². The quantitative estimate of drug-likeness (QED) is 0.723. The summed E-state index contributed by atoms with van der Waals surface area (Å²) in [5.74, 6) is 1.48. The van der Waals surface area contributed by atoms with Gasteiger partial charge in [-0.3, -0.25) is 0 Å². The van der Waals surface area contributed by atoms with Gasteiger partial charge in [0.15, 0.2) is 5.75 Å². The van der Waals surface area contributed by atoms with E-state index in [0.717, 1.165) is 21.9 Å². The number of rotatable bonds is 3. The molecule has 0 bridgehead atoms. The van der Waals surface area contributed by atoms with Crippen LogP contribution in [0.15, 0.2) is 28.9 Å². The van der Waals surface area contributed by atoms with Crippen molar-refractivity contribution in [3.8, 4) is 17.4 Å². The van der Waals surface area contributed by atoms with E-state index in [0.29, 0.717) is 17.4 Å². The monoisotopic (exact) mass is 259 g/mol. The van der Waals surface area contributed by atoms with Crippen molar-refractivity contribution < 1.29 is 18.6 Å². The second-order valence-corrected chi connectivity index (χ2v) is 3.98. The molecule has 2 heterocycles. The van der Waals surface area contributed by atoms with Crippen molar-refractivity contribution >= 4 is 21.9 Å². The van der Waals surface area contributed by atoms with Crippen molar-refractivity contribution in [1.82, 2.24) is 4.98 Å². The second kappa shape index (κ2) is 4.35. The summed E-state index contributed by atoms with van der Waals surface area (Å²) in [4.78, 5) is 4.49. The Hall–Kier alpha value is -2.43. The molecule has 0 saturated heterocycles. The van der Waals surface area contributed by atoms with E-state index in [9.17, 15) is 0 Å². The number of pyridine rings is 1. The zero-order valence-corrected chi connectivity index (χ0v) is 10.9. The van der Waals surface area contributed by atoms with E-state index in [2.05, 4.69) is 4.98 Å². The van der Waals surface area contributed by atoms with Crippen LogP contribution in [-0.2, 0) is 0 Å². The van der Waals surface area contributed by atoms with Crippen LogP contribution in [0.5, 0.6) is 17.4 Å². The first-order chi connectivity index (χ1) is 9.30. The van der Waals surface area contributed by atoms with Crippen LogP contribution in [0.4, 0.5) is 0 Å². The van der Waals surface area contributed by atoms with Crippen molar-refractivity contribution in [2.45, 2.75) is 0 Å². The van der Waals surface area contributed by atoms with Gasteiger partial charge >= 0.3 is 0 Å². The molecule has 5 nitrogen and oxygen atoms in total. The van der Waals surface area contributed by atoms with Crippen molar-refractivity contribution in [1.29, 1.82) is 0 Å². The van der Waals surface area contributed by atoms with Gasteiger partial charge in [0.1, 0.15) is 5.58 Å². The summed E-state index contributed by atoms with van der Waals surface area (Å²) in [7, 11) is 4.70. The highest BCUT2D eigenvalue weighted by Gasteiger charge is 2.19. The summed E-state index contributed by atoms with van der Waals surface area (Å²) in [6, 6.07) is 5.65. The van der Waals surface area contributed by atoms with Crippen molar-refractivity contribution in [3.05, 3.63) is 24.5 Å². The van der Waals surface area contributed by atoms with E-state index in [1.165, 1.54) is 0 Å². The summed E-state index contributed by atoms with van der Waals surface area (Å²) in [6.07, 6.45) is 1.63. The van der Waals surface area contributed by atoms with Crippen molar-refractivity contribution in [2.24, 2.45) is 0 Å². The van der Waals surface area contributed by atoms with Crippen LogP contribution in [0.2, 0.25) is 0 Å². The van der Waals surface area contributed by atoms with Crippen LogP contribution in [0.25, 0.3) is 21.9 Å². The highest BCUT2D eigenvalue weighted by molar-refractivity contribution is 6.06. The molecule has 3 rings (SSSR count). The minimum Gasteiger partial charge on any atom is -0.492 e. The highest BCUT2D eigenvalue weighted by atomic mass is 16.5. The Bertz CT molecular complexity index is 748. The number of fused-ring (bicyclic) bond motifs is 3. The molecule has 0 aliphatic rings. The van der Waals surface area contributed by atoms with Gasteiger partial charge in [-0.1, -0.05) is 0 Å². The molecule has 0 saturated carbocycles. The maximum absolute atomic E-state index is 5.44. The molecule has 0 unspecified atom stereocenters. The van der Waals surface area contributed by atoms with Crippen LogP contribution in [0.1, 0.15) is 0 Å². The fourth-order valence-electron chi connectivity index (χ4n) is 2.23. The van der Waals surface area contributed by atoms with Gasteiger partial charge in [-0.25, -0.2) is 4.98 Å². The zero-order chi connectivity index (χ0) is 13.4. The summed E-state index contributed by atoms with van der Waals surface area (Å²) in [5.41, 5.74) is 1.54. The third-order valence-corrected chi connectivity index (χ3v) is 3.07. The molecule has 0 aliphatic carbocycles. The highest BCUT2D eigenvalue weighted by Crippen LogP contribution is 2.42. The lowest BCUT2D eigenvalue weighted by Crippen LogP contribution is -1.98. The minimum absolute atomic E-state index is 0.389. The van der Waals surface area contributed by atoms with Crippen LogP contribution >= 0.6 is 0 Å². The normalized spacial score (nSPS) is 10.9. The SMILES string of the molecule is COc1nc2c(ccc3occc32)c(OC)c1OC. The lowest BCUT2D eigenvalue weighted by Gasteiger charge is -2.13. The summed E-state index contributed by atoms with van der Waals surface area (Å²) in [5, 5.41) is 1.77. The fourth-order valence-corrected chi connectivity index (χ4v) is 2.23. The smallest absolute Gasteiger partial charge is 0.261 e. The number of aromatic nitrogens is 1. The summed E-state index contributed by atoms with van der Waals surface area (Å²) in [6.45, 7) is 0. The van der Waals surface area contributed by atoms with Crippen LogP contribution < -0.4 is 14.2 Å². The van der Waals surface area contributed by atoms with E-state index in [-0.39, 0.29) is 0 Å². The standard InChI is InChI=1S/C14H13NO4/c1-16-12-9-4-5-10-8(6-7-19-10)11(9)15-14(18-3)13(12)17-2/h4-7H,1-3H3. The van der Waals surface area contributed by atoms with Gasteiger partial charge in [0.25, 0.3) is 5.88 Å². The predicted octanol–water partition coefficient (Wildman–Crippen LogP) is 3.01. The maximum Gasteiger partial charge on any atom is 0.261 e. The molecule has 5 heteroatoms. The lowest BCUT2D eigenvalue weighted by molar-refractivity contribution is 0.319. The number of furan rings is 1. The summed E-state index contributed by atoms with van der Waals surface area (Å²) >= 11 is 0. The van der Waals surface area contributed by atoms with Crippen molar-refractivity contribution in [2.75, 3.05) is 21.3 Å². The number of nitrogens with zero attached hydrogens (tertiary/aromatic N) is 1. The minimum atomic E-state index is 0.389. The number of methoxy groups -OCH3 is 3. The molecule has 3 aromatic rings. The van der Waals surface area contributed by atoms with Gasteiger partial charge in [0.05, 0.1) is 33.1 Å². The number of ether oxygens (including phenoxy) is 3. The number of hydrogen-bond donors (Lipinski definition) is 0. The first-order valence-corrected chi connectivity index (χ1v) is 5.76. The average molecular weight is 259 g/mol. The van der Waals surface area contributed by atoms with Crippen LogP contribution in [0.3, 0.4) is 0 Å². The molecule has 0 N–H and O–H groups in total. The Kier molecular flexibility index (Phi) is 2.67. The van der Waals surface area contributed by atoms with Gasteiger partial charge in [-0.2, -0.15) is 0 Å². The van der Waals surface area contributed by atoms with E-state index in [1.807, 2.05) is 18.2 Å². The predicted molar refractivity (Wildman–Crippen MR) is 71.2 cm³/mol. The Morgan fingerprint density at radius 1 is 0.895 bits per heavy atom. The Morgan fingerprint density at radius 2 is 1.68 bits per heavy atom. The van der Waals surface area contributed by atoms with Gasteiger partial charge in [0, 0.05) is 10.8 Å². The molecule has 19 heavy (non-hydrogen) atoms. The maximum atomic E-state index is 5.44. The molecule has 0 aliphatic heterocycles. The Labute approximate surface area is 109 Å². The molecule has 1 aromatic carbocycles. The first-order valence-electron chi connectivity index (χ1n) is 5.76. The van der Waals surface area contributed by atoms with E-state index < -0.39 is 0 Å². The van der Waals surface area contributed by atoms with Crippen molar-refractivity contribution in [3.63, 3.8) is 0 Å². The molecule has 0 fully saturated rings. The zero-order valence-electron chi connectivity index (χ0n) is 10.9. The summed E-state index contributed by atoms with van der Waals surface area (Å²) < 4.78 is 21.4. The van der Waals surface area contributed by atoms with Crippen LogP contribution in [0, 0.1) is 0 Å². The third-order valence-electron chi connectivity index (χ3n) is 3.07. The van der Waals surface area contributed by atoms with Gasteiger partial charge in [0.2, 0.25) is 5.75 Å². The molecular formula is C14H13NO4. The molecule has 0 spiro atoms. The number of hydrogen-bond acceptors (Lipinski definition) is 5. The molecular weight excluding hydrogens is 246 g/mol. The Morgan fingerprint density at radius 3 is 2.37 bits per heavy atom. The third kappa shape index (κ3) is 1.58. The molecule has 98 valence electrons. The largest absolute Gasteiger partial charge is 0.492 e. The fraction of sp³-hybridized carbons (Fsp3) is 0.214. The molecule has 0 amide bonds. The average Bonchev–Trinajstić information content (AvgIpc) is 2.93. The Balaban J connectivity index is 2.49. The number of benzene rings is 1. The van der Waals surface area contributed by atoms with E-state index in [1.54, 1.807) is 27.6 Å². The molecule has 2 aromatic heterocycles. The second-order valence-electron chi connectivity index (χ2n) is 3.98. The molecule has 0 atom stereocenters.